The fraction of sp³-hybridized carbons (Fsp3) is 0.308. The minimum atomic E-state index is -0.559. The Labute approximate surface area is 106 Å². The molecular weight excluding hydrogens is 230 g/mol. The summed E-state index contributed by atoms with van der Waals surface area (Å²) in [7, 11) is 3.47. The highest BCUT2D eigenvalue weighted by Gasteiger charge is 2.07. The molecule has 96 valence electrons. The van der Waals surface area contributed by atoms with Gasteiger partial charge in [0.25, 0.3) is 0 Å². The van der Waals surface area contributed by atoms with E-state index in [1.807, 2.05) is 37.5 Å². The number of anilines is 1. The SMILES string of the molecule is COc1ccc(C(O)CNc2cnn(C)c2)cc1. The van der Waals surface area contributed by atoms with Crippen LogP contribution in [0.4, 0.5) is 5.69 Å². The van der Waals surface area contributed by atoms with E-state index in [2.05, 4.69) is 10.4 Å². The first-order valence-corrected chi connectivity index (χ1v) is 5.73. The molecule has 5 nitrogen and oxygen atoms in total. The third kappa shape index (κ3) is 3.01. The number of benzene rings is 1. The summed E-state index contributed by atoms with van der Waals surface area (Å²) in [6.45, 7) is 0.442. The second-order valence-corrected chi connectivity index (χ2v) is 4.07. The maximum absolute atomic E-state index is 10.0. The highest BCUT2D eigenvalue weighted by molar-refractivity contribution is 5.38. The van der Waals surface area contributed by atoms with Gasteiger partial charge in [0.05, 0.1) is 25.1 Å². The molecule has 1 atom stereocenters. The quantitative estimate of drug-likeness (QED) is 0.842. The van der Waals surface area contributed by atoms with Crippen molar-refractivity contribution in [3.05, 3.63) is 42.2 Å². The molecule has 1 unspecified atom stereocenters. The largest absolute Gasteiger partial charge is 0.497 e. The zero-order chi connectivity index (χ0) is 13.0. The Morgan fingerprint density at radius 1 is 1.39 bits per heavy atom. The molecule has 5 heteroatoms. The highest BCUT2D eigenvalue weighted by Crippen LogP contribution is 2.18. The molecule has 1 aromatic carbocycles. The number of hydrogen-bond donors (Lipinski definition) is 2. The Kier molecular flexibility index (Phi) is 3.84. The van der Waals surface area contributed by atoms with E-state index >= 15 is 0 Å². The lowest BCUT2D eigenvalue weighted by atomic mass is 10.1. The van der Waals surface area contributed by atoms with Crippen molar-refractivity contribution in [2.45, 2.75) is 6.10 Å². The molecule has 1 aromatic heterocycles. The van der Waals surface area contributed by atoms with Crippen LogP contribution in [0.5, 0.6) is 5.75 Å². The number of aromatic nitrogens is 2. The van der Waals surface area contributed by atoms with Crippen LogP contribution in [-0.4, -0.2) is 28.5 Å². The van der Waals surface area contributed by atoms with Gasteiger partial charge >= 0.3 is 0 Å². The number of aryl methyl sites for hydroxylation is 1. The number of aliphatic hydroxyl groups is 1. The summed E-state index contributed by atoms with van der Waals surface area (Å²) in [5.74, 6) is 0.783. The van der Waals surface area contributed by atoms with Crippen LogP contribution in [0.25, 0.3) is 0 Å². The third-order valence-corrected chi connectivity index (χ3v) is 2.70. The first-order valence-electron chi connectivity index (χ1n) is 5.73. The van der Waals surface area contributed by atoms with Crippen LogP contribution in [0.1, 0.15) is 11.7 Å². The molecule has 2 aromatic rings. The Hall–Kier alpha value is -2.01. The molecule has 0 aliphatic carbocycles. The molecule has 0 aliphatic rings. The van der Waals surface area contributed by atoms with Crippen molar-refractivity contribution in [3.8, 4) is 5.75 Å². The molecule has 0 saturated heterocycles. The molecule has 0 amide bonds. The minimum absolute atomic E-state index is 0.442. The maximum Gasteiger partial charge on any atom is 0.118 e. The number of nitrogens with one attached hydrogen (secondary N) is 1. The van der Waals surface area contributed by atoms with Gasteiger partial charge in [0.15, 0.2) is 0 Å². The summed E-state index contributed by atoms with van der Waals surface area (Å²) >= 11 is 0. The molecule has 2 N–H and O–H groups in total. The minimum Gasteiger partial charge on any atom is -0.497 e. The number of nitrogens with zero attached hydrogens (tertiary/aromatic N) is 2. The van der Waals surface area contributed by atoms with Crippen LogP contribution in [0, 0.1) is 0 Å². The summed E-state index contributed by atoms with van der Waals surface area (Å²) in [5.41, 5.74) is 1.75. The van der Waals surface area contributed by atoms with Gasteiger partial charge in [0, 0.05) is 19.8 Å². The topological polar surface area (TPSA) is 59.3 Å². The molecule has 0 aliphatic heterocycles. The van der Waals surface area contributed by atoms with Crippen LogP contribution in [0.15, 0.2) is 36.7 Å². The molecule has 0 spiro atoms. The van der Waals surface area contributed by atoms with Gasteiger partial charge in [-0.2, -0.15) is 5.10 Å². The Morgan fingerprint density at radius 3 is 2.67 bits per heavy atom. The van der Waals surface area contributed by atoms with Gasteiger partial charge in [-0.3, -0.25) is 4.68 Å². The molecule has 1 heterocycles. The zero-order valence-electron chi connectivity index (χ0n) is 10.5. The standard InChI is InChI=1S/C13H17N3O2/c1-16-9-11(7-15-16)14-8-13(17)10-3-5-12(18-2)6-4-10/h3-7,9,13-14,17H,8H2,1-2H3. The van der Waals surface area contributed by atoms with Crippen molar-refractivity contribution in [3.63, 3.8) is 0 Å². The smallest absolute Gasteiger partial charge is 0.118 e. The molecule has 2 rings (SSSR count). The van der Waals surface area contributed by atoms with Gasteiger partial charge in [-0.25, -0.2) is 0 Å². The van der Waals surface area contributed by atoms with Gasteiger partial charge in [-0.05, 0) is 17.7 Å². The molecule has 18 heavy (non-hydrogen) atoms. The van der Waals surface area contributed by atoms with E-state index < -0.39 is 6.10 Å². The van der Waals surface area contributed by atoms with Crippen LogP contribution in [-0.2, 0) is 7.05 Å². The lowest BCUT2D eigenvalue weighted by Crippen LogP contribution is -2.11. The van der Waals surface area contributed by atoms with Crippen LogP contribution in [0.3, 0.4) is 0 Å². The average molecular weight is 247 g/mol. The monoisotopic (exact) mass is 247 g/mol. The normalized spacial score (nSPS) is 12.2. The highest BCUT2D eigenvalue weighted by atomic mass is 16.5. The van der Waals surface area contributed by atoms with Crippen molar-refractivity contribution in [2.75, 3.05) is 19.0 Å². The Balaban J connectivity index is 1.92. The summed E-state index contributed by atoms with van der Waals surface area (Å²) in [5, 5.41) is 17.2. The zero-order valence-corrected chi connectivity index (χ0v) is 10.5. The van der Waals surface area contributed by atoms with Gasteiger partial charge in [0.2, 0.25) is 0 Å². The van der Waals surface area contributed by atoms with Gasteiger partial charge in [-0.15, -0.1) is 0 Å². The molecule has 0 saturated carbocycles. The number of aliphatic hydroxyl groups excluding tert-OH is 1. The molecule has 0 radical (unpaired) electrons. The fourth-order valence-corrected chi connectivity index (χ4v) is 1.67. The summed E-state index contributed by atoms with van der Waals surface area (Å²) < 4.78 is 6.78. The maximum atomic E-state index is 10.0. The second-order valence-electron chi connectivity index (χ2n) is 4.07. The van der Waals surface area contributed by atoms with E-state index in [1.54, 1.807) is 18.0 Å². The van der Waals surface area contributed by atoms with Crippen molar-refractivity contribution < 1.29 is 9.84 Å². The van der Waals surface area contributed by atoms with E-state index in [1.165, 1.54) is 0 Å². The van der Waals surface area contributed by atoms with Crippen molar-refractivity contribution in [2.24, 2.45) is 7.05 Å². The van der Waals surface area contributed by atoms with E-state index in [0.717, 1.165) is 17.0 Å². The van der Waals surface area contributed by atoms with E-state index in [4.69, 9.17) is 4.74 Å². The second kappa shape index (κ2) is 5.55. The van der Waals surface area contributed by atoms with E-state index in [9.17, 15) is 5.11 Å². The van der Waals surface area contributed by atoms with E-state index in [-0.39, 0.29) is 0 Å². The van der Waals surface area contributed by atoms with E-state index in [0.29, 0.717) is 6.54 Å². The Morgan fingerprint density at radius 2 is 2.11 bits per heavy atom. The molecule has 0 fully saturated rings. The van der Waals surface area contributed by atoms with Gasteiger partial charge < -0.3 is 15.2 Å². The van der Waals surface area contributed by atoms with Crippen molar-refractivity contribution in [1.29, 1.82) is 0 Å². The number of hydrogen-bond acceptors (Lipinski definition) is 4. The van der Waals surface area contributed by atoms with Crippen LogP contribution >= 0.6 is 0 Å². The van der Waals surface area contributed by atoms with Crippen molar-refractivity contribution >= 4 is 5.69 Å². The predicted octanol–water partition coefficient (Wildman–Crippen LogP) is 1.57. The Bertz CT molecular complexity index is 493. The van der Waals surface area contributed by atoms with Crippen LogP contribution in [0.2, 0.25) is 0 Å². The van der Waals surface area contributed by atoms with Gasteiger partial charge in [0.1, 0.15) is 5.75 Å². The summed E-state index contributed by atoms with van der Waals surface area (Å²) in [4.78, 5) is 0. The first kappa shape index (κ1) is 12.4. The third-order valence-electron chi connectivity index (χ3n) is 2.70. The van der Waals surface area contributed by atoms with Gasteiger partial charge in [-0.1, -0.05) is 12.1 Å². The summed E-state index contributed by atoms with van der Waals surface area (Å²) in [6.07, 6.45) is 3.03. The number of rotatable bonds is 5. The fourth-order valence-electron chi connectivity index (χ4n) is 1.67. The number of ether oxygens (including phenoxy) is 1. The summed E-state index contributed by atoms with van der Waals surface area (Å²) in [6, 6.07) is 7.38. The van der Waals surface area contributed by atoms with Crippen LogP contribution < -0.4 is 10.1 Å². The predicted molar refractivity (Wildman–Crippen MR) is 69.7 cm³/mol. The lowest BCUT2D eigenvalue weighted by molar-refractivity contribution is 0.191. The lowest BCUT2D eigenvalue weighted by Gasteiger charge is -2.12. The van der Waals surface area contributed by atoms with Crippen molar-refractivity contribution in [1.82, 2.24) is 9.78 Å². The molecular formula is C13H17N3O2. The average Bonchev–Trinajstić information content (AvgIpc) is 2.82. The number of methoxy groups -OCH3 is 1. The molecule has 0 bridgehead atoms. The first-order chi connectivity index (χ1) is 8.69.